The van der Waals surface area contributed by atoms with Crippen molar-refractivity contribution in [2.24, 2.45) is 11.3 Å². The summed E-state index contributed by atoms with van der Waals surface area (Å²) < 4.78 is 6.42. The Hall–Kier alpha value is -2.07. The summed E-state index contributed by atoms with van der Waals surface area (Å²) >= 11 is 0. The van der Waals surface area contributed by atoms with Crippen molar-refractivity contribution in [2.45, 2.75) is 83.3 Å². The Labute approximate surface area is 191 Å². The fourth-order valence-corrected chi connectivity index (χ4v) is 6.36. The minimum atomic E-state index is -0.643. The van der Waals surface area contributed by atoms with E-state index in [1.54, 1.807) is 0 Å². The summed E-state index contributed by atoms with van der Waals surface area (Å²) in [6.45, 7) is 2.62. The average molecular weight is 436 g/mol. The number of likely N-dealkylation sites (tertiary alicyclic amines) is 1. The van der Waals surface area contributed by atoms with Gasteiger partial charge in [0, 0.05) is 6.54 Å². The van der Waals surface area contributed by atoms with Crippen LogP contribution >= 0.6 is 0 Å². The fraction of sp³-hybridized carbons (Fsp3) is 0.607. The number of benzene rings is 2. The summed E-state index contributed by atoms with van der Waals surface area (Å²) in [7, 11) is 0. The molecule has 0 unspecified atom stereocenters. The first-order valence-corrected chi connectivity index (χ1v) is 12.7. The fourth-order valence-electron chi connectivity index (χ4n) is 6.36. The SMILES string of the molecule is O=C(O)C1CCN(Cc2ccc3cc(OC4CCC5(CCCCC5)CC4)ccc3c2)CC1. The van der Waals surface area contributed by atoms with Crippen LogP contribution in [0, 0.1) is 11.3 Å². The highest BCUT2D eigenvalue weighted by Crippen LogP contribution is 2.48. The Balaban J connectivity index is 1.17. The highest BCUT2D eigenvalue weighted by atomic mass is 16.5. The molecule has 2 aliphatic carbocycles. The maximum atomic E-state index is 11.2. The number of rotatable bonds is 5. The first-order chi connectivity index (χ1) is 15.6. The van der Waals surface area contributed by atoms with Crippen molar-refractivity contribution in [3.05, 3.63) is 42.0 Å². The molecule has 3 fully saturated rings. The molecule has 2 aromatic carbocycles. The van der Waals surface area contributed by atoms with Crippen LogP contribution in [0.4, 0.5) is 0 Å². The van der Waals surface area contributed by atoms with Gasteiger partial charge in [0.2, 0.25) is 0 Å². The monoisotopic (exact) mass is 435 g/mol. The molecule has 5 rings (SSSR count). The van der Waals surface area contributed by atoms with Gasteiger partial charge < -0.3 is 9.84 Å². The Bertz CT molecular complexity index is 931. The van der Waals surface area contributed by atoms with Gasteiger partial charge in [-0.3, -0.25) is 9.69 Å². The molecule has 1 heterocycles. The van der Waals surface area contributed by atoms with E-state index in [0.717, 1.165) is 38.2 Å². The van der Waals surface area contributed by atoms with Crippen molar-refractivity contribution in [2.75, 3.05) is 13.1 Å². The van der Waals surface area contributed by atoms with Crippen LogP contribution in [0.25, 0.3) is 10.8 Å². The second-order valence-electron chi connectivity index (χ2n) is 10.6. The van der Waals surface area contributed by atoms with Gasteiger partial charge in [-0.05, 0) is 104 Å². The number of fused-ring (bicyclic) bond motifs is 1. The number of hydrogen-bond acceptors (Lipinski definition) is 3. The van der Waals surface area contributed by atoms with Crippen molar-refractivity contribution < 1.29 is 14.6 Å². The van der Waals surface area contributed by atoms with Gasteiger partial charge in [0.1, 0.15) is 5.75 Å². The lowest BCUT2D eigenvalue weighted by Crippen LogP contribution is -2.35. The number of aliphatic carboxylic acids is 1. The second kappa shape index (κ2) is 9.43. The molecule has 1 saturated heterocycles. The number of carboxylic acid groups (broad SMARTS) is 1. The number of hydrogen-bond donors (Lipinski definition) is 1. The molecule has 4 nitrogen and oxygen atoms in total. The molecule has 4 heteroatoms. The van der Waals surface area contributed by atoms with Crippen LogP contribution in [0.5, 0.6) is 5.75 Å². The molecule has 0 radical (unpaired) electrons. The molecule has 172 valence electrons. The standard InChI is InChI=1S/C28H37NO3/c30-27(31)22-10-16-29(17-11-22)20-21-4-5-24-19-26(7-6-23(24)18-21)32-25-8-14-28(15-9-25)12-2-1-3-13-28/h4-7,18-19,22,25H,1-3,8-17,20H2,(H,30,31). The highest BCUT2D eigenvalue weighted by Gasteiger charge is 2.36. The number of ether oxygens (including phenoxy) is 1. The van der Waals surface area contributed by atoms with Crippen molar-refractivity contribution >= 4 is 16.7 Å². The molecule has 32 heavy (non-hydrogen) atoms. The molecule has 0 aromatic heterocycles. The highest BCUT2D eigenvalue weighted by molar-refractivity contribution is 5.84. The number of piperidine rings is 1. The van der Waals surface area contributed by atoms with Crippen LogP contribution < -0.4 is 4.74 Å². The summed E-state index contributed by atoms with van der Waals surface area (Å²) in [6, 6.07) is 13.2. The zero-order valence-corrected chi connectivity index (χ0v) is 19.2. The largest absolute Gasteiger partial charge is 0.490 e. The molecule has 1 N–H and O–H groups in total. The minimum Gasteiger partial charge on any atom is -0.490 e. The number of carboxylic acids is 1. The predicted molar refractivity (Wildman–Crippen MR) is 128 cm³/mol. The molecule has 1 spiro atoms. The molecular weight excluding hydrogens is 398 g/mol. The molecule has 3 aliphatic rings. The van der Waals surface area contributed by atoms with Crippen LogP contribution in [-0.4, -0.2) is 35.2 Å². The van der Waals surface area contributed by atoms with Crippen LogP contribution in [-0.2, 0) is 11.3 Å². The lowest BCUT2D eigenvalue weighted by atomic mass is 9.65. The second-order valence-corrected chi connectivity index (χ2v) is 10.6. The maximum Gasteiger partial charge on any atom is 0.306 e. The van der Waals surface area contributed by atoms with Crippen LogP contribution in [0.2, 0.25) is 0 Å². The van der Waals surface area contributed by atoms with Crippen molar-refractivity contribution in [1.82, 2.24) is 4.90 Å². The van der Waals surface area contributed by atoms with Crippen LogP contribution in [0.3, 0.4) is 0 Å². The van der Waals surface area contributed by atoms with Crippen LogP contribution in [0.15, 0.2) is 36.4 Å². The van der Waals surface area contributed by atoms with Gasteiger partial charge in [-0.1, -0.05) is 37.5 Å². The van der Waals surface area contributed by atoms with E-state index in [9.17, 15) is 9.90 Å². The van der Waals surface area contributed by atoms with Gasteiger partial charge in [-0.2, -0.15) is 0 Å². The summed E-state index contributed by atoms with van der Waals surface area (Å²) in [5, 5.41) is 11.7. The summed E-state index contributed by atoms with van der Waals surface area (Å²) in [6.07, 6.45) is 14.2. The van der Waals surface area contributed by atoms with Gasteiger partial charge in [-0.25, -0.2) is 0 Å². The average Bonchev–Trinajstić information content (AvgIpc) is 2.82. The number of nitrogens with zero attached hydrogens (tertiary/aromatic N) is 1. The van der Waals surface area contributed by atoms with Gasteiger partial charge in [0.05, 0.1) is 12.0 Å². The number of carbonyl (C=O) groups is 1. The molecular formula is C28H37NO3. The van der Waals surface area contributed by atoms with E-state index < -0.39 is 5.97 Å². The van der Waals surface area contributed by atoms with Gasteiger partial charge in [0.25, 0.3) is 0 Å². The zero-order chi connectivity index (χ0) is 22.0. The summed E-state index contributed by atoms with van der Waals surface area (Å²) in [5.74, 6) is 0.194. The molecule has 0 amide bonds. The third-order valence-corrected chi connectivity index (χ3v) is 8.43. The van der Waals surface area contributed by atoms with Gasteiger partial charge in [0.15, 0.2) is 0 Å². The Morgan fingerprint density at radius 1 is 0.906 bits per heavy atom. The third kappa shape index (κ3) is 4.96. The van der Waals surface area contributed by atoms with E-state index in [2.05, 4.69) is 41.3 Å². The topological polar surface area (TPSA) is 49.8 Å². The lowest BCUT2D eigenvalue weighted by molar-refractivity contribution is -0.143. The van der Waals surface area contributed by atoms with E-state index >= 15 is 0 Å². The smallest absolute Gasteiger partial charge is 0.306 e. The Morgan fingerprint density at radius 2 is 1.59 bits per heavy atom. The van der Waals surface area contributed by atoms with E-state index in [1.807, 2.05) is 0 Å². The zero-order valence-electron chi connectivity index (χ0n) is 19.2. The van der Waals surface area contributed by atoms with Gasteiger partial charge in [-0.15, -0.1) is 0 Å². The first kappa shape index (κ1) is 21.8. The van der Waals surface area contributed by atoms with Crippen molar-refractivity contribution in [3.63, 3.8) is 0 Å². The minimum absolute atomic E-state index is 0.168. The molecule has 1 aliphatic heterocycles. The van der Waals surface area contributed by atoms with E-state index in [0.29, 0.717) is 11.5 Å². The van der Waals surface area contributed by atoms with Crippen molar-refractivity contribution in [3.8, 4) is 5.75 Å². The van der Waals surface area contributed by atoms with E-state index in [4.69, 9.17) is 4.74 Å². The Kier molecular flexibility index (Phi) is 6.41. The van der Waals surface area contributed by atoms with E-state index in [-0.39, 0.29) is 5.92 Å². The van der Waals surface area contributed by atoms with Gasteiger partial charge >= 0.3 is 5.97 Å². The quantitative estimate of drug-likeness (QED) is 0.590. The normalized spacial score (nSPS) is 22.9. The maximum absolute atomic E-state index is 11.2. The first-order valence-electron chi connectivity index (χ1n) is 12.7. The predicted octanol–water partition coefficient (Wildman–Crippen LogP) is 6.41. The molecule has 2 saturated carbocycles. The third-order valence-electron chi connectivity index (χ3n) is 8.43. The molecule has 2 aromatic rings. The summed E-state index contributed by atoms with van der Waals surface area (Å²) in [4.78, 5) is 13.5. The van der Waals surface area contributed by atoms with Crippen LogP contribution in [0.1, 0.15) is 76.2 Å². The van der Waals surface area contributed by atoms with E-state index in [1.165, 1.54) is 74.1 Å². The lowest BCUT2D eigenvalue weighted by Gasteiger charge is -2.42. The Morgan fingerprint density at radius 3 is 2.31 bits per heavy atom. The molecule has 0 bridgehead atoms. The molecule has 0 atom stereocenters. The summed E-state index contributed by atoms with van der Waals surface area (Å²) in [5.41, 5.74) is 1.94. The van der Waals surface area contributed by atoms with Crippen molar-refractivity contribution in [1.29, 1.82) is 0 Å².